The third kappa shape index (κ3) is 1.80. The minimum Gasteiger partial charge on any atom is -0.454 e. The Morgan fingerprint density at radius 2 is 1.91 bits per heavy atom. The molecule has 4 nitrogen and oxygen atoms in total. The van der Waals surface area contributed by atoms with E-state index in [-0.39, 0.29) is 0 Å². The quantitative estimate of drug-likeness (QED) is 0.551. The molecule has 0 radical (unpaired) electrons. The zero-order valence-corrected chi connectivity index (χ0v) is 11.9. The molecule has 4 aromatic rings. The predicted molar refractivity (Wildman–Crippen MR) is 84.5 cm³/mol. The number of pyridine rings is 1. The summed E-state index contributed by atoms with van der Waals surface area (Å²) in [7, 11) is 0. The van der Waals surface area contributed by atoms with E-state index in [0.29, 0.717) is 11.6 Å². The number of furan rings is 1. The Morgan fingerprint density at radius 3 is 2.77 bits per heavy atom. The second kappa shape index (κ2) is 4.37. The third-order valence-electron chi connectivity index (χ3n) is 4.09. The maximum absolute atomic E-state index is 6.00. The molecule has 5 rings (SSSR count). The number of hydrogen-bond donors (Lipinski definition) is 0. The largest absolute Gasteiger partial charge is 0.454 e. The fourth-order valence-electron chi connectivity index (χ4n) is 2.83. The van der Waals surface area contributed by atoms with Crippen LogP contribution in [-0.2, 0) is 0 Å². The molecule has 0 N–H and O–H groups in total. The van der Waals surface area contributed by atoms with Gasteiger partial charge in [0.05, 0.1) is 5.69 Å². The van der Waals surface area contributed by atoms with Crippen LogP contribution in [0.25, 0.3) is 33.6 Å². The van der Waals surface area contributed by atoms with Gasteiger partial charge in [-0.05, 0) is 37.1 Å². The summed E-state index contributed by atoms with van der Waals surface area (Å²) in [6, 6.07) is 13.9. The zero-order valence-electron chi connectivity index (χ0n) is 11.9. The number of aromatic nitrogens is 3. The molecule has 0 atom stereocenters. The average molecular weight is 287 g/mol. The number of hydrogen-bond acceptors (Lipinski definition) is 4. The first-order valence-corrected chi connectivity index (χ1v) is 7.50. The van der Waals surface area contributed by atoms with E-state index in [2.05, 4.69) is 11.1 Å². The fraction of sp³-hybridized carbons (Fsp3) is 0.167. The monoisotopic (exact) mass is 287 g/mol. The molecule has 106 valence electrons. The molecule has 1 saturated carbocycles. The molecule has 0 saturated heterocycles. The van der Waals surface area contributed by atoms with Crippen molar-refractivity contribution in [1.29, 1.82) is 0 Å². The molecule has 1 aliphatic carbocycles. The first-order chi connectivity index (χ1) is 10.9. The van der Waals surface area contributed by atoms with Gasteiger partial charge in [0.15, 0.2) is 11.4 Å². The Balaban J connectivity index is 1.79. The number of benzene rings is 1. The van der Waals surface area contributed by atoms with Gasteiger partial charge in [-0.2, -0.15) is 0 Å². The summed E-state index contributed by atoms with van der Waals surface area (Å²) in [6.07, 6.45) is 4.09. The smallest absolute Gasteiger partial charge is 0.178 e. The van der Waals surface area contributed by atoms with Gasteiger partial charge in [-0.25, -0.2) is 15.0 Å². The van der Waals surface area contributed by atoms with Crippen molar-refractivity contribution in [2.75, 3.05) is 0 Å². The second-order valence-electron chi connectivity index (χ2n) is 5.73. The highest BCUT2D eigenvalue weighted by atomic mass is 16.3. The van der Waals surface area contributed by atoms with E-state index < -0.39 is 0 Å². The normalized spacial score (nSPS) is 14.7. The lowest BCUT2D eigenvalue weighted by Crippen LogP contribution is -1.98. The Labute approximate surface area is 126 Å². The van der Waals surface area contributed by atoms with Gasteiger partial charge in [0.2, 0.25) is 0 Å². The highest BCUT2D eigenvalue weighted by Crippen LogP contribution is 2.43. The molecule has 3 aromatic heterocycles. The van der Waals surface area contributed by atoms with Crippen molar-refractivity contribution in [1.82, 2.24) is 15.0 Å². The molecular weight excluding hydrogens is 274 g/mol. The van der Waals surface area contributed by atoms with Crippen LogP contribution in [0, 0.1) is 0 Å². The maximum Gasteiger partial charge on any atom is 0.178 e. The Morgan fingerprint density at radius 1 is 1.00 bits per heavy atom. The van der Waals surface area contributed by atoms with E-state index in [1.807, 2.05) is 36.4 Å². The molecule has 1 fully saturated rings. The van der Waals surface area contributed by atoms with Gasteiger partial charge in [0.1, 0.15) is 16.8 Å². The lowest BCUT2D eigenvalue weighted by atomic mass is 10.1. The first kappa shape index (κ1) is 11.9. The Kier molecular flexibility index (Phi) is 2.36. The van der Waals surface area contributed by atoms with Crippen molar-refractivity contribution < 1.29 is 4.42 Å². The van der Waals surface area contributed by atoms with Gasteiger partial charge in [-0.15, -0.1) is 0 Å². The molecule has 4 heteroatoms. The molecular formula is C18H13N3O. The SMILES string of the molecule is c1ccc2oc(-c3nc4cccnc4nc3C3CC3)cc2c1. The third-order valence-corrected chi connectivity index (χ3v) is 4.09. The van der Waals surface area contributed by atoms with E-state index in [9.17, 15) is 0 Å². The first-order valence-electron chi connectivity index (χ1n) is 7.50. The van der Waals surface area contributed by atoms with Gasteiger partial charge < -0.3 is 4.42 Å². The number of rotatable bonds is 2. The predicted octanol–water partition coefficient (Wildman–Crippen LogP) is 4.32. The van der Waals surface area contributed by atoms with Crippen molar-refractivity contribution >= 4 is 22.1 Å². The molecule has 22 heavy (non-hydrogen) atoms. The summed E-state index contributed by atoms with van der Waals surface area (Å²) in [5, 5.41) is 1.09. The van der Waals surface area contributed by atoms with Crippen molar-refractivity contribution in [3.8, 4) is 11.5 Å². The summed E-state index contributed by atoms with van der Waals surface area (Å²) in [5.41, 5.74) is 4.28. The molecule has 0 unspecified atom stereocenters. The number of para-hydroxylation sites is 1. The van der Waals surface area contributed by atoms with Crippen LogP contribution >= 0.6 is 0 Å². The van der Waals surface area contributed by atoms with Crippen LogP contribution in [0.1, 0.15) is 24.5 Å². The lowest BCUT2D eigenvalue weighted by Gasteiger charge is -2.06. The van der Waals surface area contributed by atoms with Crippen LogP contribution < -0.4 is 0 Å². The van der Waals surface area contributed by atoms with Gasteiger partial charge in [0, 0.05) is 17.5 Å². The van der Waals surface area contributed by atoms with Gasteiger partial charge in [0.25, 0.3) is 0 Å². The summed E-state index contributed by atoms with van der Waals surface area (Å²) >= 11 is 0. The lowest BCUT2D eigenvalue weighted by molar-refractivity contribution is 0.627. The molecule has 0 spiro atoms. The summed E-state index contributed by atoms with van der Waals surface area (Å²) in [4.78, 5) is 13.9. The minimum absolute atomic E-state index is 0.488. The molecule has 1 aromatic carbocycles. The molecule has 0 bridgehead atoms. The number of fused-ring (bicyclic) bond motifs is 2. The van der Waals surface area contributed by atoms with Crippen LogP contribution in [0.2, 0.25) is 0 Å². The van der Waals surface area contributed by atoms with Gasteiger partial charge >= 0.3 is 0 Å². The second-order valence-corrected chi connectivity index (χ2v) is 5.73. The summed E-state index contributed by atoms with van der Waals surface area (Å²) in [6.45, 7) is 0. The minimum atomic E-state index is 0.488. The van der Waals surface area contributed by atoms with Crippen LogP contribution in [-0.4, -0.2) is 15.0 Å². The topological polar surface area (TPSA) is 51.8 Å². The van der Waals surface area contributed by atoms with Gasteiger partial charge in [-0.3, -0.25) is 0 Å². The van der Waals surface area contributed by atoms with Crippen molar-refractivity contribution in [2.24, 2.45) is 0 Å². The maximum atomic E-state index is 6.00. The van der Waals surface area contributed by atoms with Crippen LogP contribution in [0.15, 0.2) is 53.1 Å². The highest BCUT2D eigenvalue weighted by Gasteiger charge is 2.30. The zero-order chi connectivity index (χ0) is 14.5. The van der Waals surface area contributed by atoms with Crippen LogP contribution in [0.3, 0.4) is 0 Å². The van der Waals surface area contributed by atoms with Crippen molar-refractivity contribution in [3.63, 3.8) is 0 Å². The van der Waals surface area contributed by atoms with E-state index in [4.69, 9.17) is 14.4 Å². The standard InChI is InChI=1S/C18H13N3O/c1-2-6-14-12(4-1)10-15(22-14)17-16(11-7-8-11)21-18-13(20-17)5-3-9-19-18/h1-6,9-11H,7-8H2. The van der Waals surface area contributed by atoms with E-state index in [0.717, 1.165) is 33.6 Å². The highest BCUT2D eigenvalue weighted by molar-refractivity contribution is 5.83. The van der Waals surface area contributed by atoms with Crippen molar-refractivity contribution in [3.05, 3.63) is 54.4 Å². The van der Waals surface area contributed by atoms with Crippen molar-refractivity contribution in [2.45, 2.75) is 18.8 Å². The van der Waals surface area contributed by atoms with Crippen LogP contribution in [0.5, 0.6) is 0 Å². The molecule has 1 aliphatic rings. The van der Waals surface area contributed by atoms with E-state index in [1.54, 1.807) is 6.20 Å². The Bertz CT molecular complexity index is 968. The Hall–Kier alpha value is -2.75. The summed E-state index contributed by atoms with van der Waals surface area (Å²) in [5.74, 6) is 1.28. The summed E-state index contributed by atoms with van der Waals surface area (Å²) < 4.78 is 6.00. The van der Waals surface area contributed by atoms with E-state index >= 15 is 0 Å². The fourth-order valence-corrected chi connectivity index (χ4v) is 2.83. The molecule has 0 amide bonds. The molecule has 0 aliphatic heterocycles. The van der Waals surface area contributed by atoms with Gasteiger partial charge in [-0.1, -0.05) is 18.2 Å². The van der Waals surface area contributed by atoms with E-state index in [1.165, 1.54) is 12.8 Å². The van der Waals surface area contributed by atoms with Crippen LogP contribution in [0.4, 0.5) is 0 Å². The number of nitrogens with zero attached hydrogens (tertiary/aromatic N) is 3. The average Bonchev–Trinajstić information content (AvgIpc) is 3.32. The molecule has 3 heterocycles.